The molecular formula is C15H17NO2S2. The summed E-state index contributed by atoms with van der Waals surface area (Å²) in [6.07, 6.45) is 0.936. The smallest absolute Gasteiger partial charge is 0.160 e. The second-order valence-corrected chi connectivity index (χ2v) is 7.72. The summed E-state index contributed by atoms with van der Waals surface area (Å²) < 4.78 is 0. The first kappa shape index (κ1) is 13.8. The first-order chi connectivity index (χ1) is 9.48. The van der Waals surface area contributed by atoms with E-state index in [1.54, 1.807) is 22.7 Å². The van der Waals surface area contributed by atoms with Crippen LogP contribution in [-0.4, -0.2) is 31.6 Å². The molecule has 0 radical (unpaired) electrons. The maximum Gasteiger partial charge on any atom is 0.160 e. The number of aliphatic hydroxyl groups is 1. The van der Waals surface area contributed by atoms with Crippen molar-refractivity contribution in [3.63, 3.8) is 0 Å². The Hall–Kier alpha value is -1.17. The molecule has 0 aromatic carbocycles. The van der Waals surface area contributed by atoms with Crippen molar-refractivity contribution in [3.8, 4) is 9.75 Å². The Morgan fingerprint density at radius 3 is 2.55 bits per heavy atom. The van der Waals surface area contributed by atoms with Crippen LogP contribution >= 0.6 is 22.7 Å². The van der Waals surface area contributed by atoms with Crippen LogP contribution in [0.5, 0.6) is 0 Å². The second kappa shape index (κ2) is 4.69. The number of carbonyl (C=O) groups excluding carboxylic acids is 1. The van der Waals surface area contributed by atoms with Gasteiger partial charge in [0.2, 0.25) is 0 Å². The quantitative estimate of drug-likeness (QED) is 0.881. The molecule has 0 bridgehead atoms. The number of carbonyl (C=O) groups is 1. The molecule has 20 heavy (non-hydrogen) atoms. The molecule has 3 rings (SSSR count). The molecule has 2 aromatic heterocycles. The summed E-state index contributed by atoms with van der Waals surface area (Å²) in [5.74, 6) is 0. The highest BCUT2D eigenvalue weighted by Gasteiger charge is 2.39. The predicted molar refractivity (Wildman–Crippen MR) is 85.5 cm³/mol. The van der Waals surface area contributed by atoms with Crippen molar-refractivity contribution in [1.29, 1.82) is 0 Å². The molecule has 1 aliphatic rings. The number of likely N-dealkylation sites (N-methyl/N-ethyl adjacent to an activating group) is 1. The van der Waals surface area contributed by atoms with Crippen molar-refractivity contribution in [2.24, 2.45) is 0 Å². The van der Waals surface area contributed by atoms with Gasteiger partial charge in [0.1, 0.15) is 0 Å². The first-order valence-electron chi connectivity index (χ1n) is 6.55. The number of aldehydes is 1. The molecule has 0 spiro atoms. The third-order valence-electron chi connectivity index (χ3n) is 3.95. The normalized spacial score (nSPS) is 15.0. The van der Waals surface area contributed by atoms with Gasteiger partial charge in [0.05, 0.1) is 21.4 Å². The molecule has 0 amide bonds. The molecule has 3 nitrogen and oxygen atoms in total. The van der Waals surface area contributed by atoms with E-state index in [1.807, 2.05) is 13.1 Å². The summed E-state index contributed by atoms with van der Waals surface area (Å²) in [4.78, 5) is 16.4. The Bertz CT molecular complexity index is 669. The van der Waals surface area contributed by atoms with Crippen LogP contribution in [0, 0.1) is 0 Å². The third kappa shape index (κ3) is 1.84. The van der Waals surface area contributed by atoms with Gasteiger partial charge >= 0.3 is 0 Å². The van der Waals surface area contributed by atoms with E-state index in [0.29, 0.717) is 6.54 Å². The summed E-state index contributed by atoms with van der Waals surface area (Å²) in [5, 5.41) is 10.2. The van der Waals surface area contributed by atoms with Crippen molar-refractivity contribution in [2.75, 3.05) is 25.1 Å². The molecule has 106 valence electrons. The van der Waals surface area contributed by atoms with Gasteiger partial charge in [0.15, 0.2) is 6.29 Å². The van der Waals surface area contributed by atoms with E-state index in [2.05, 4.69) is 24.8 Å². The minimum absolute atomic E-state index is 0.0444. The van der Waals surface area contributed by atoms with Gasteiger partial charge < -0.3 is 10.0 Å². The number of hydrogen-bond acceptors (Lipinski definition) is 5. The number of aliphatic hydroxyl groups excluding tert-OH is 1. The number of thiophene rings is 2. The first-order valence-corrected chi connectivity index (χ1v) is 8.18. The number of hydrogen-bond donors (Lipinski definition) is 1. The highest BCUT2D eigenvalue weighted by molar-refractivity contribution is 7.25. The maximum atomic E-state index is 11.0. The van der Waals surface area contributed by atoms with Crippen LogP contribution in [0.3, 0.4) is 0 Å². The Labute approximate surface area is 126 Å². The van der Waals surface area contributed by atoms with Gasteiger partial charge in [-0.25, -0.2) is 0 Å². The number of anilines is 1. The number of rotatable bonds is 4. The predicted octanol–water partition coefficient (Wildman–Crippen LogP) is 3.36. The lowest BCUT2D eigenvalue weighted by molar-refractivity contribution is 0.112. The lowest BCUT2D eigenvalue weighted by Crippen LogP contribution is -2.20. The van der Waals surface area contributed by atoms with Crippen molar-refractivity contribution in [1.82, 2.24) is 0 Å². The van der Waals surface area contributed by atoms with Gasteiger partial charge in [-0.15, -0.1) is 22.7 Å². The minimum atomic E-state index is -0.0444. The summed E-state index contributed by atoms with van der Waals surface area (Å²) in [5.41, 5.74) is 2.56. The Balaban J connectivity index is 2.11. The molecule has 0 saturated heterocycles. The van der Waals surface area contributed by atoms with Gasteiger partial charge in [0.25, 0.3) is 0 Å². The lowest BCUT2D eigenvalue weighted by Gasteiger charge is -2.20. The van der Waals surface area contributed by atoms with Crippen molar-refractivity contribution in [2.45, 2.75) is 19.3 Å². The molecule has 0 atom stereocenters. The zero-order chi connectivity index (χ0) is 14.5. The molecule has 2 heterocycles. The Morgan fingerprint density at radius 1 is 1.25 bits per heavy atom. The van der Waals surface area contributed by atoms with E-state index >= 15 is 0 Å². The van der Waals surface area contributed by atoms with Crippen LogP contribution in [0.15, 0.2) is 12.1 Å². The average molecular weight is 307 g/mol. The van der Waals surface area contributed by atoms with Gasteiger partial charge in [-0.05, 0) is 23.3 Å². The fraction of sp³-hybridized carbons (Fsp3) is 0.400. The van der Waals surface area contributed by atoms with Crippen molar-refractivity contribution >= 4 is 34.0 Å². The average Bonchev–Trinajstić information content (AvgIpc) is 3.06. The van der Waals surface area contributed by atoms with Crippen LogP contribution in [0.2, 0.25) is 0 Å². The van der Waals surface area contributed by atoms with Gasteiger partial charge in [-0.3, -0.25) is 4.79 Å². The Kier molecular flexibility index (Phi) is 3.23. The van der Waals surface area contributed by atoms with Gasteiger partial charge in [-0.1, -0.05) is 13.8 Å². The largest absolute Gasteiger partial charge is 0.395 e. The van der Waals surface area contributed by atoms with Gasteiger partial charge in [-0.2, -0.15) is 0 Å². The zero-order valence-electron chi connectivity index (χ0n) is 11.8. The SMILES string of the molecule is CN(CCO)c1cc2c(s1)-c1sc(C=O)cc1C2(C)C. The van der Waals surface area contributed by atoms with Crippen LogP contribution in [0.1, 0.15) is 34.6 Å². The number of nitrogens with zero attached hydrogens (tertiary/aromatic N) is 1. The maximum absolute atomic E-state index is 11.0. The van der Waals surface area contributed by atoms with E-state index in [-0.39, 0.29) is 12.0 Å². The van der Waals surface area contributed by atoms with Crippen LogP contribution in [0.25, 0.3) is 9.75 Å². The molecule has 2 aromatic rings. The topological polar surface area (TPSA) is 40.5 Å². The van der Waals surface area contributed by atoms with Crippen LogP contribution < -0.4 is 4.90 Å². The zero-order valence-corrected chi connectivity index (χ0v) is 13.4. The molecule has 1 aliphatic carbocycles. The van der Waals surface area contributed by atoms with Crippen LogP contribution in [0.4, 0.5) is 5.00 Å². The Morgan fingerprint density at radius 2 is 1.90 bits per heavy atom. The summed E-state index contributed by atoms with van der Waals surface area (Å²) in [6.45, 7) is 5.21. The fourth-order valence-electron chi connectivity index (χ4n) is 2.71. The molecule has 0 fully saturated rings. The molecule has 5 heteroatoms. The van der Waals surface area contributed by atoms with Gasteiger partial charge in [0, 0.05) is 23.9 Å². The van der Waals surface area contributed by atoms with Crippen molar-refractivity contribution in [3.05, 3.63) is 28.1 Å². The standard InChI is InChI=1S/C15H17NO2S2/c1-15(2)10-6-9(8-18)19-13(10)14-11(15)7-12(20-14)16(3)4-5-17/h6-8,17H,4-5H2,1-3H3. The summed E-state index contributed by atoms with van der Waals surface area (Å²) in [7, 11) is 2.00. The molecule has 0 aliphatic heterocycles. The van der Waals surface area contributed by atoms with Crippen LogP contribution in [-0.2, 0) is 5.41 Å². The van der Waals surface area contributed by atoms with Crippen molar-refractivity contribution < 1.29 is 9.90 Å². The summed E-state index contributed by atoms with van der Waals surface area (Å²) in [6, 6.07) is 4.25. The van der Waals surface area contributed by atoms with E-state index in [1.165, 1.54) is 25.9 Å². The third-order valence-corrected chi connectivity index (χ3v) is 6.42. The second-order valence-electron chi connectivity index (χ2n) is 5.61. The highest BCUT2D eigenvalue weighted by Crippen LogP contribution is 2.56. The van der Waals surface area contributed by atoms with E-state index in [0.717, 1.165) is 11.2 Å². The fourth-order valence-corrected chi connectivity index (χ4v) is 5.30. The highest BCUT2D eigenvalue weighted by atomic mass is 32.1. The van der Waals surface area contributed by atoms with E-state index < -0.39 is 0 Å². The van der Waals surface area contributed by atoms with E-state index in [9.17, 15) is 4.79 Å². The molecule has 0 saturated carbocycles. The minimum Gasteiger partial charge on any atom is -0.395 e. The summed E-state index contributed by atoms with van der Waals surface area (Å²) >= 11 is 3.33. The molecular weight excluding hydrogens is 290 g/mol. The van der Waals surface area contributed by atoms with E-state index in [4.69, 9.17) is 5.11 Å². The molecule has 1 N–H and O–H groups in total. The monoisotopic (exact) mass is 307 g/mol. The lowest BCUT2D eigenvalue weighted by atomic mass is 9.84. The number of fused-ring (bicyclic) bond motifs is 3. The molecule has 0 unspecified atom stereocenters.